The number of ether oxygens (including phenoxy) is 1. The maximum atomic E-state index is 14.0. The van der Waals surface area contributed by atoms with E-state index in [2.05, 4.69) is 33.9 Å². The van der Waals surface area contributed by atoms with Crippen LogP contribution in [0.3, 0.4) is 0 Å². The number of aryl methyl sites for hydroxylation is 2. The van der Waals surface area contributed by atoms with Gasteiger partial charge < -0.3 is 23.9 Å². The zero-order chi connectivity index (χ0) is 24.1. The van der Waals surface area contributed by atoms with Crippen molar-refractivity contribution in [3.63, 3.8) is 0 Å². The van der Waals surface area contributed by atoms with Crippen LogP contribution in [0, 0.1) is 12.8 Å². The number of halogens is 2. The highest BCUT2D eigenvalue weighted by atomic mass is 35.5. The van der Waals surface area contributed by atoms with Crippen LogP contribution in [0.1, 0.15) is 61.4 Å². The summed E-state index contributed by atoms with van der Waals surface area (Å²) in [4.78, 5) is 20.8. The Morgan fingerprint density at radius 3 is 2.69 bits per heavy atom. The number of carbonyl (C=O) groups is 1. The molecule has 3 heterocycles. The second kappa shape index (κ2) is 13.9. The van der Waals surface area contributed by atoms with Gasteiger partial charge >= 0.3 is 0 Å². The molecule has 0 aliphatic carbocycles. The van der Waals surface area contributed by atoms with Gasteiger partial charge in [-0.1, -0.05) is 26.0 Å². The molecule has 0 spiro atoms. The molecule has 0 bridgehead atoms. The first kappa shape index (κ1) is 30.0. The highest BCUT2D eigenvalue weighted by Gasteiger charge is 2.35. The smallest absolute Gasteiger partial charge is 0.290 e. The average Bonchev–Trinajstić information content (AvgIpc) is 3.43. The predicted molar refractivity (Wildman–Crippen MR) is 144 cm³/mol. The van der Waals surface area contributed by atoms with Crippen LogP contribution in [-0.4, -0.2) is 69.9 Å². The van der Waals surface area contributed by atoms with Crippen molar-refractivity contribution in [3.05, 3.63) is 41.9 Å². The van der Waals surface area contributed by atoms with Gasteiger partial charge in [0.2, 0.25) is 11.8 Å². The Labute approximate surface area is 225 Å². The molecular weight excluding hydrogens is 503 g/mol. The summed E-state index contributed by atoms with van der Waals surface area (Å²) in [5.41, 5.74) is 1.84. The lowest BCUT2D eigenvalue weighted by Crippen LogP contribution is -2.52. The van der Waals surface area contributed by atoms with Crippen LogP contribution in [0.2, 0.25) is 0 Å². The second-order valence-corrected chi connectivity index (χ2v) is 9.53. The highest BCUT2D eigenvalue weighted by molar-refractivity contribution is 5.95. The van der Waals surface area contributed by atoms with E-state index >= 15 is 0 Å². The summed E-state index contributed by atoms with van der Waals surface area (Å²) in [6, 6.07) is 7.99. The predicted octanol–water partition coefficient (Wildman–Crippen LogP) is 4.24. The van der Waals surface area contributed by atoms with Gasteiger partial charge in [0.1, 0.15) is 0 Å². The third-order valence-electron chi connectivity index (χ3n) is 6.31. The average molecular weight is 542 g/mol. The Bertz CT molecular complexity index is 1100. The summed E-state index contributed by atoms with van der Waals surface area (Å²) in [5.74, 6) is 2.09. The van der Waals surface area contributed by atoms with E-state index in [1.54, 1.807) is 14.0 Å². The molecule has 36 heavy (non-hydrogen) atoms. The third kappa shape index (κ3) is 6.97. The summed E-state index contributed by atoms with van der Waals surface area (Å²) in [6.07, 6.45) is 2.63. The SMILES string of the molecule is COCCCCn1c(C(=O)N(CC(C)C)[C@@H]2CNC[C@H](c3nnc(C)o3)C2)nc2ccccc21.Cl.Cl. The van der Waals surface area contributed by atoms with E-state index in [0.717, 1.165) is 49.9 Å². The number of benzene rings is 1. The molecule has 9 nitrogen and oxygen atoms in total. The number of unbranched alkanes of at least 4 members (excludes halogenated alkanes) is 1. The standard InChI is InChI=1S/C25H36N6O3.2ClH/c1-17(2)16-31(20-13-19(14-26-15-20)24-29-28-18(3)34-24)25(32)23-27-21-9-5-6-10-22(21)30(23)11-7-8-12-33-4;;/h5-6,9-10,17,19-20,26H,7-8,11-16H2,1-4H3;2*1H/t19-,20+;;/m1../s1. The van der Waals surface area contributed by atoms with Crippen molar-refractivity contribution in [2.75, 3.05) is 33.4 Å². The van der Waals surface area contributed by atoms with Gasteiger partial charge in [-0.25, -0.2) is 4.98 Å². The molecule has 1 N–H and O–H groups in total. The normalized spacial score (nSPS) is 17.6. The number of nitrogens with zero attached hydrogens (tertiary/aromatic N) is 5. The van der Waals surface area contributed by atoms with Gasteiger partial charge in [0.25, 0.3) is 5.91 Å². The Morgan fingerprint density at radius 1 is 1.22 bits per heavy atom. The fourth-order valence-electron chi connectivity index (χ4n) is 4.72. The van der Waals surface area contributed by atoms with E-state index in [1.165, 1.54) is 0 Å². The van der Waals surface area contributed by atoms with Crippen LogP contribution in [0.25, 0.3) is 11.0 Å². The van der Waals surface area contributed by atoms with Crippen molar-refractivity contribution in [2.24, 2.45) is 5.92 Å². The quantitative estimate of drug-likeness (QED) is 0.384. The topological polar surface area (TPSA) is 98.3 Å². The minimum atomic E-state index is -0.0224. The fraction of sp³-hybridized carbons (Fsp3) is 0.600. The first-order valence-corrected chi connectivity index (χ1v) is 12.2. The van der Waals surface area contributed by atoms with E-state index in [4.69, 9.17) is 14.1 Å². The molecule has 1 aliphatic heterocycles. The van der Waals surface area contributed by atoms with Crippen molar-refractivity contribution in [1.82, 2.24) is 30.0 Å². The van der Waals surface area contributed by atoms with Crippen LogP contribution in [0.5, 0.6) is 0 Å². The lowest BCUT2D eigenvalue weighted by Gasteiger charge is -2.38. The minimum absolute atomic E-state index is 0. The van der Waals surface area contributed by atoms with E-state index < -0.39 is 0 Å². The number of nitrogens with one attached hydrogen (secondary N) is 1. The maximum absolute atomic E-state index is 14.0. The number of methoxy groups -OCH3 is 1. The van der Waals surface area contributed by atoms with Gasteiger partial charge in [-0.15, -0.1) is 35.0 Å². The number of imidazole rings is 1. The zero-order valence-corrected chi connectivity index (χ0v) is 23.1. The van der Waals surface area contributed by atoms with Crippen LogP contribution in [0.4, 0.5) is 0 Å². The Balaban J connectivity index is 0.00000228. The molecule has 1 fully saturated rings. The van der Waals surface area contributed by atoms with Gasteiger partial charge in [0.15, 0.2) is 5.82 Å². The highest BCUT2D eigenvalue weighted by Crippen LogP contribution is 2.27. The molecule has 1 aromatic carbocycles. The van der Waals surface area contributed by atoms with Gasteiger partial charge in [0.05, 0.1) is 17.0 Å². The number of hydrogen-bond acceptors (Lipinski definition) is 7. The summed E-state index contributed by atoms with van der Waals surface area (Å²) in [7, 11) is 1.71. The number of fused-ring (bicyclic) bond motifs is 1. The zero-order valence-electron chi connectivity index (χ0n) is 21.5. The van der Waals surface area contributed by atoms with E-state index in [1.807, 2.05) is 29.2 Å². The number of amides is 1. The lowest BCUT2D eigenvalue weighted by atomic mass is 9.94. The number of carbonyl (C=O) groups excluding carboxylic acids is 1. The van der Waals surface area contributed by atoms with Gasteiger partial charge in [-0.3, -0.25) is 4.79 Å². The summed E-state index contributed by atoms with van der Waals surface area (Å²) in [6.45, 7) is 9.68. The Hall–Kier alpha value is -2.20. The fourth-order valence-corrected chi connectivity index (χ4v) is 4.72. The van der Waals surface area contributed by atoms with Crippen molar-refractivity contribution >= 4 is 41.8 Å². The van der Waals surface area contributed by atoms with Gasteiger partial charge in [0, 0.05) is 52.9 Å². The molecule has 0 saturated carbocycles. The summed E-state index contributed by atoms with van der Waals surface area (Å²) < 4.78 is 13.0. The molecule has 4 rings (SSSR count). The van der Waals surface area contributed by atoms with Crippen molar-refractivity contribution in [2.45, 2.75) is 58.5 Å². The minimum Gasteiger partial charge on any atom is -0.425 e. The summed E-state index contributed by atoms with van der Waals surface area (Å²) >= 11 is 0. The van der Waals surface area contributed by atoms with Crippen LogP contribution in [-0.2, 0) is 11.3 Å². The Morgan fingerprint density at radius 2 is 2.00 bits per heavy atom. The molecule has 0 unspecified atom stereocenters. The molecule has 1 aliphatic rings. The number of piperidine rings is 1. The van der Waals surface area contributed by atoms with Gasteiger partial charge in [-0.05, 0) is 37.3 Å². The lowest BCUT2D eigenvalue weighted by molar-refractivity contribution is 0.0586. The van der Waals surface area contributed by atoms with Crippen molar-refractivity contribution in [1.29, 1.82) is 0 Å². The first-order chi connectivity index (χ1) is 16.5. The molecule has 2 atom stereocenters. The molecule has 11 heteroatoms. The third-order valence-corrected chi connectivity index (χ3v) is 6.31. The van der Waals surface area contributed by atoms with Gasteiger partial charge in [-0.2, -0.15) is 0 Å². The van der Waals surface area contributed by atoms with Crippen LogP contribution in [0.15, 0.2) is 28.7 Å². The number of rotatable bonds is 10. The van der Waals surface area contributed by atoms with E-state index in [-0.39, 0.29) is 42.7 Å². The molecule has 0 radical (unpaired) electrons. The van der Waals surface area contributed by atoms with E-state index in [9.17, 15) is 4.79 Å². The van der Waals surface area contributed by atoms with Crippen LogP contribution >= 0.6 is 24.8 Å². The number of para-hydroxylation sites is 2. The molecule has 200 valence electrons. The monoisotopic (exact) mass is 540 g/mol. The van der Waals surface area contributed by atoms with Crippen molar-refractivity contribution < 1.29 is 13.9 Å². The molecule has 2 aromatic heterocycles. The molecule has 1 saturated heterocycles. The molecule has 3 aromatic rings. The maximum Gasteiger partial charge on any atom is 0.290 e. The Kier molecular flexibility index (Phi) is 11.6. The molecule has 1 amide bonds. The molecular formula is C25H38Cl2N6O3. The number of hydrogen-bond donors (Lipinski definition) is 1. The second-order valence-electron chi connectivity index (χ2n) is 9.53. The van der Waals surface area contributed by atoms with Crippen LogP contribution < -0.4 is 5.32 Å². The number of aromatic nitrogens is 4. The first-order valence-electron chi connectivity index (χ1n) is 12.2. The largest absolute Gasteiger partial charge is 0.425 e. The van der Waals surface area contributed by atoms with Crippen molar-refractivity contribution in [3.8, 4) is 0 Å². The van der Waals surface area contributed by atoms with E-state index in [0.29, 0.717) is 36.7 Å². The summed E-state index contributed by atoms with van der Waals surface area (Å²) in [5, 5.41) is 11.7.